The number of amides is 3. The van der Waals surface area contributed by atoms with Gasteiger partial charge in [-0.05, 0) is 24.3 Å². The van der Waals surface area contributed by atoms with Gasteiger partial charge >= 0.3 is 5.97 Å². The number of carbonyl (C=O) groups is 5. The average Bonchev–Trinajstić information content (AvgIpc) is 2.93. The van der Waals surface area contributed by atoms with Crippen molar-refractivity contribution in [1.82, 2.24) is 15.1 Å². The molecular formula is C26H30N8O6. The first-order valence-electron chi connectivity index (χ1n) is 12.2. The van der Waals surface area contributed by atoms with Gasteiger partial charge in [0.2, 0.25) is 0 Å². The van der Waals surface area contributed by atoms with Gasteiger partial charge in [-0.3, -0.25) is 34.8 Å². The Kier molecular flexibility index (Phi) is 8.96. The molecule has 1 heterocycles. The van der Waals surface area contributed by atoms with E-state index in [2.05, 4.69) is 5.32 Å². The van der Waals surface area contributed by atoms with Gasteiger partial charge in [0, 0.05) is 48.3 Å². The fourth-order valence-electron chi connectivity index (χ4n) is 4.51. The van der Waals surface area contributed by atoms with Crippen LogP contribution < -0.4 is 22.5 Å². The van der Waals surface area contributed by atoms with Crippen molar-refractivity contribution in [3.63, 3.8) is 0 Å². The van der Waals surface area contributed by atoms with Gasteiger partial charge in [-0.15, -0.1) is 0 Å². The zero-order valence-corrected chi connectivity index (χ0v) is 21.5. The third kappa shape index (κ3) is 5.96. The molecule has 0 saturated carbocycles. The van der Waals surface area contributed by atoms with E-state index in [0.29, 0.717) is 11.1 Å². The smallest absolute Gasteiger partial charge is 0.323 e. The van der Waals surface area contributed by atoms with E-state index in [0.717, 1.165) is 9.80 Å². The maximum Gasteiger partial charge on any atom is 0.323 e. The molecule has 0 aromatic heterocycles. The molecular weight excluding hydrogens is 520 g/mol. The normalized spacial score (nSPS) is 16.8. The predicted octanol–water partition coefficient (Wildman–Crippen LogP) is -1.29. The molecule has 1 fully saturated rings. The summed E-state index contributed by atoms with van der Waals surface area (Å²) in [6.07, 6.45) is -0.369. The molecule has 14 heteroatoms. The second-order valence-electron chi connectivity index (χ2n) is 9.05. The summed E-state index contributed by atoms with van der Waals surface area (Å²) >= 11 is 0. The van der Waals surface area contributed by atoms with Gasteiger partial charge in [0.25, 0.3) is 17.7 Å². The molecule has 2 aromatic carbocycles. The van der Waals surface area contributed by atoms with Crippen LogP contribution in [0.4, 0.5) is 0 Å². The lowest BCUT2D eigenvalue weighted by Crippen LogP contribution is -2.72. The van der Waals surface area contributed by atoms with Crippen molar-refractivity contribution < 1.29 is 29.1 Å². The SMILES string of the molecule is N=C(N)c1ccc(C(=O)NCCC2(C(=O)CN)C(=O)N(CC(=O)O)CCN2C(=O)c2ccc(C(=N)N)cc2)cc1. The quantitative estimate of drug-likeness (QED) is 0.0997. The second kappa shape index (κ2) is 12.2. The minimum atomic E-state index is -2.18. The lowest BCUT2D eigenvalue weighted by atomic mass is 9.83. The summed E-state index contributed by atoms with van der Waals surface area (Å²) in [6, 6.07) is 11.6. The van der Waals surface area contributed by atoms with Crippen LogP contribution in [0.1, 0.15) is 38.3 Å². The number of nitrogens with one attached hydrogen (secondary N) is 3. The number of amidine groups is 2. The van der Waals surface area contributed by atoms with Crippen LogP contribution in [0.25, 0.3) is 0 Å². The highest BCUT2D eigenvalue weighted by atomic mass is 16.4. The number of rotatable bonds is 11. The van der Waals surface area contributed by atoms with Gasteiger partial charge in [-0.1, -0.05) is 24.3 Å². The summed E-state index contributed by atoms with van der Waals surface area (Å²) in [5.74, 6) is -4.65. The number of ketones is 1. The number of aliphatic carboxylic acids is 1. The Labute approximate surface area is 229 Å². The molecule has 3 rings (SSSR count). The van der Waals surface area contributed by atoms with Crippen molar-refractivity contribution in [2.75, 3.05) is 32.7 Å². The number of Topliss-reactive ketones (excluding diaryl/α,β-unsaturated/α-hetero) is 1. The number of nitrogens with two attached hydrogens (primary N) is 3. The van der Waals surface area contributed by atoms with Crippen LogP contribution in [0.3, 0.4) is 0 Å². The summed E-state index contributed by atoms with van der Waals surface area (Å²) in [5, 5.41) is 26.9. The summed E-state index contributed by atoms with van der Waals surface area (Å²) in [4.78, 5) is 66.9. The van der Waals surface area contributed by atoms with Crippen LogP contribution >= 0.6 is 0 Å². The highest BCUT2D eigenvalue weighted by Crippen LogP contribution is 2.30. The largest absolute Gasteiger partial charge is 0.480 e. The van der Waals surface area contributed by atoms with Crippen molar-refractivity contribution >= 4 is 41.1 Å². The molecule has 1 aliphatic rings. The molecule has 0 spiro atoms. The maximum absolute atomic E-state index is 13.7. The Morgan fingerprint density at radius 3 is 1.85 bits per heavy atom. The predicted molar refractivity (Wildman–Crippen MR) is 144 cm³/mol. The number of hydrogen-bond acceptors (Lipinski definition) is 8. The van der Waals surface area contributed by atoms with Gasteiger partial charge in [-0.2, -0.15) is 0 Å². The van der Waals surface area contributed by atoms with E-state index >= 15 is 0 Å². The zero-order valence-electron chi connectivity index (χ0n) is 21.5. The van der Waals surface area contributed by atoms with Crippen molar-refractivity contribution in [3.8, 4) is 0 Å². The third-order valence-electron chi connectivity index (χ3n) is 6.59. The molecule has 14 nitrogen and oxygen atoms in total. The molecule has 0 radical (unpaired) electrons. The maximum atomic E-state index is 13.7. The van der Waals surface area contributed by atoms with E-state index in [1.165, 1.54) is 48.5 Å². The molecule has 3 amide bonds. The Hall–Kier alpha value is -5.11. The topological polar surface area (TPSA) is 250 Å². The minimum Gasteiger partial charge on any atom is -0.480 e. The lowest BCUT2D eigenvalue weighted by molar-refractivity contribution is -0.160. The summed E-state index contributed by atoms with van der Waals surface area (Å²) in [5.41, 5.74) is 15.5. The van der Waals surface area contributed by atoms with Crippen molar-refractivity contribution in [2.45, 2.75) is 12.0 Å². The highest BCUT2D eigenvalue weighted by Gasteiger charge is 2.56. The Morgan fingerprint density at radius 1 is 0.875 bits per heavy atom. The molecule has 0 aliphatic carbocycles. The first kappa shape index (κ1) is 29.4. The number of piperazine rings is 1. The fraction of sp³-hybridized carbons (Fsp3) is 0.269. The van der Waals surface area contributed by atoms with Crippen LogP contribution in [0.5, 0.6) is 0 Å². The Balaban J connectivity index is 1.94. The van der Waals surface area contributed by atoms with Gasteiger partial charge in [0.15, 0.2) is 11.3 Å². The lowest BCUT2D eigenvalue weighted by Gasteiger charge is -2.48. The number of carbonyl (C=O) groups excluding carboxylic acids is 4. The molecule has 210 valence electrons. The van der Waals surface area contributed by atoms with Crippen molar-refractivity contribution in [1.29, 1.82) is 10.8 Å². The fourth-order valence-corrected chi connectivity index (χ4v) is 4.51. The van der Waals surface area contributed by atoms with Crippen LogP contribution in [-0.2, 0) is 14.4 Å². The first-order chi connectivity index (χ1) is 18.9. The van der Waals surface area contributed by atoms with Crippen molar-refractivity contribution in [2.24, 2.45) is 17.2 Å². The van der Waals surface area contributed by atoms with Crippen LogP contribution in [0.2, 0.25) is 0 Å². The highest BCUT2D eigenvalue weighted by molar-refractivity contribution is 6.16. The number of carboxylic acids is 1. The molecule has 2 aromatic rings. The van der Waals surface area contributed by atoms with E-state index in [1.54, 1.807) is 0 Å². The van der Waals surface area contributed by atoms with Crippen LogP contribution in [0.15, 0.2) is 48.5 Å². The minimum absolute atomic E-state index is 0.105. The van der Waals surface area contributed by atoms with E-state index in [1.807, 2.05) is 0 Å². The average molecular weight is 551 g/mol. The number of nitrogens with zero attached hydrogens (tertiary/aromatic N) is 2. The molecule has 0 bridgehead atoms. The number of hydrogen-bond donors (Lipinski definition) is 7. The van der Waals surface area contributed by atoms with Gasteiger partial charge in [-0.25, -0.2) is 0 Å². The number of nitrogen functional groups attached to an aromatic ring is 2. The van der Waals surface area contributed by atoms with E-state index in [9.17, 15) is 29.1 Å². The summed E-state index contributed by atoms with van der Waals surface area (Å²) in [7, 11) is 0. The second-order valence-corrected chi connectivity index (χ2v) is 9.05. The Morgan fingerprint density at radius 2 is 1.38 bits per heavy atom. The van der Waals surface area contributed by atoms with Crippen LogP contribution in [0, 0.1) is 10.8 Å². The zero-order chi connectivity index (χ0) is 29.6. The number of benzene rings is 2. The van der Waals surface area contributed by atoms with E-state index < -0.39 is 48.1 Å². The third-order valence-corrected chi connectivity index (χ3v) is 6.59. The molecule has 40 heavy (non-hydrogen) atoms. The summed E-state index contributed by atoms with van der Waals surface area (Å²) in [6.45, 7) is -1.86. The first-order valence-corrected chi connectivity index (χ1v) is 12.2. The molecule has 10 N–H and O–H groups in total. The van der Waals surface area contributed by atoms with Gasteiger partial charge < -0.3 is 37.4 Å². The van der Waals surface area contributed by atoms with Crippen molar-refractivity contribution in [3.05, 3.63) is 70.8 Å². The van der Waals surface area contributed by atoms with E-state index in [4.69, 9.17) is 28.0 Å². The van der Waals surface area contributed by atoms with Gasteiger partial charge in [0.1, 0.15) is 18.2 Å². The Bertz CT molecular complexity index is 1360. The molecule has 1 unspecified atom stereocenters. The molecule has 1 saturated heterocycles. The summed E-state index contributed by atoms with van der Waals surface area (Å²) < 4.78 is 0. The molecule has 1 aliphatic heterocycles. The monoisotopic (exact) mass is 550 g/mol. The van der Waals surface area contributed by atoms with E-state index in [-0.39, 0.29) is 48.9 Å². The standard InChI is InChI=1S/C26H30N8O6/c27-13-19(35)26(9-10-32-23(38)17-5-1-15(2-6-17)21(28)29)25(40)33(14-20(36)37)11-12-34(26)24(39)18-7-3-16(4-8-18)22(30)31/h1-8H,9-14,27H2,(H3,28,29)(H3,30,31)(H,32,38)(H,36,37). The van der Waals surface area contributed by atoms with Gasteiger partial charge in [0.05, 0.1) is 6.54 Å². The van der Waals surface area contributed by atoms with Crippen LogP contribution in [-0.4, -0.2) is 94.3 Å². The molecule has 1 atom stereocenters. The number of carboxylic acid groups (broad SMARTS) is 1.